The van der Waals surface area contributed by atoms with Crippen molar-refractivity contribution in [2.75, 3.05) is 0 Å². The van der Waals surface area contributed by atoms with E-state index < -0.39 is 11.2 Å². The molecule has 4 heteroatoms. The molecule has 3 fully saturated rings. The first kappa shape index (κ1) is 14.2. The van der Waals surface area contributed by atoms with Gasteiger partial charge in [0.2, 0.25) is 0 Å². The Bertz CT molecular complexity index is 383. The molecule has 1 N–H and O–H groups in total. The molecule has 0 spiro atoms. The number of rotatable bonds is 2. The van der Waals surface area contributed by atoms with Crippen molar-refractivity contribution in [3.63, 3.8) is 0 Å². The maximum atomic E-state index is 12.3. The van der Waals surface area contributed by atoms with E-state index in [0.29, 0.717) is 0 Å². The van der Waals surface area contributed by atoms with Gasteiger partial charge in [-0.2, -0.15) is 0 Å². The van der Waals surface area contributed by atoms with Gasteiger partial charge in [0.05, 0.1) is 5.60 Å². The van der Waals surface area contributed by atoms with Crippen LogP contribution in [0, 0.1) is 5.92 Å². The zero-order valence-electron chi connectivity index (χ0n) is 12.9. The van der Waals surface area contributed by atoms with Gasteiger partial charge in [-0.15, -0.1) is 0 Å². The first-order valence-electron chi connectivity index (χ1n) is 7.99. The summed E-state index contributed by atoms with van der Waals surface area (Å²) in [6, 6.07) is 0.347. The average molecular weight is 281 g/mol. The van der Waals surface area contributed by atoms with E-state index in [-0.39, 0.29) is 18.2 Å². The van der Waals surface area contributed by atoms with E-state index in [2.05, 4.69) is 0 Å². The summed E-state index contributed by atoms with van der Waals surface area (Å²) in [5.74, 6) is 0.729. The lowest BCUT2D eigenvalue weighted by Crippen LogP contribution is -2.54. The van der Waals surface area contributed by atoms with Crippen LogP contribution in [0.25, 0.3) is 0 Å². The molecule has 0 radical (unpaired) electrons. The van der Waals surface area contributed by atoms with Crippen LogP contribution in [0.2, 0.25) is 0 Å². The summed E-state index contributed by atoms with van der Waals surface area (Å²) in [5, 5.41) is 10.8. The van der Waals surface area contributed by atoms with E-state index in [9.17, 15) is 9.90 Å². The molecule has 0 aromatic carbocycles. The lowest BCUT2D eigenvalue weighted by molar-refractivity contribution is -0.0651. The van der Waals surface area contributed by atoms with E-state index in [1.165, 1.54) is 12.8 Å². The van der Waals surface area contributed by atoms with Crippen molar-refractivity contribution < 1.29 is 14.6 Å². The van der Waals surface area contributed by atoms with Crippen molar-refractivity contribution >= 4 is 6.09 Å². The van der Waals surface area contributed by atoms with Crippen LogP contribution in [0.3, 0.4) is 0 Å². The van der Waals surface area contributed by atoms with E-state index >= 15 is 0 Å². The largest absolute Gasteiger partial charge is 0.444 e. The van der Waals surface area contributed by atoms with Crippen LogP contribution < -0.4 is 0 Å². The fourth-order valence-electron chi connectivity index (χ4n) is 3.96. The molecule has 3 rings (SSSR count). The third-order valence-electron chi connectivity index (χ3n) is 4.82. The summed E-state index contributed by atoms with van der Waals surface area (Å²) < 4.78 is 5.52. The second kappa shape index (κ2) is 4.62. The minimum Gasteiger partial charge on any atom is -0.444 e. The highest BCUT2D eigenvalue weighted by Gasteiger charge is 2.51. The lowest BCUT2D eigenvalue weighted by Gasteiger charge is -2.44. The van der Waals surface area contributed by atoms with E-state index in [1.807, 2.05) is 25.7 Å². The Morgan fingerprint density at radius 3 is 2.20 bits per heavy atom. The Kier molecular flexibility index (Phi) is 3.27. The van der Waals surface area contributed by atoms with Crippen LogP contribution in [-0.2, 0) is 4.74 Å². The summed E-state index contributed by atoms with van der Waals surface area (Å²) in [6.45, 7) is 5.71. The predicted molar refractivity (Wildman–Crippen MR) is 76.4 cm³/mol. The van der Waals surface area contributed by atoms with Crippen molar-refractivity contribution in [2.24, 2.45) is 5.92 Å². The van der Waals surface area contributed by atoms with Gasteiger partial charge in [-0.1, -0.05) is 12.8 Å². The van der Waals surface area contributed by atoms with Crippen LogP contribution >= 0.6 is 0 Å². The topological polar surface area (TPSA) is 49.8 Å². The molecule has 2 saturated heterocycles. The first-order chi connectivity index (χ1) is 9.26. The van der Waals surface area contributed by atoms with Crippen LogP contribution in [0.4, 0.5) is 4.79 Å². The van der Waals surface area contributed by atoms with Crippen LogP contribution in [-0.4, -0.2) is 39.4 Å². The predicted octanol–water partition coefficient (Wildman–Crippen LogP) is 3.08. The van der Waals surface area contributed by atoms with E-state index in [0.717, 1.165) is 38.0 Å². The van der Waals surface area contributed by atoms with Gasteiger partial charge in [-0.25, -0.2) is 4.79 Å². The number of carbonyl (C=O) groups excluding carboxylic acids is 1. The molecule has 3 aliphatic rings. The molecule has 2 unspecified atom stereocenters. The van der Waals surface area contributed by atoms with Crippen molar-refractivity contribution in [1.29, 1.82) is 0 Å². The van der Waals surface area contributed by atoms with Gasteiger partial charge >= 0.3 is 6.09 Å². The van der Waals surface area contributed by atoms with Crippen molar-refractivity contribution in [2.45, 2.75) is 89.0 Å². The molecule has 1 saturated carbocycles. The number of hydrogen-bond acceptors (Lipinski definition) is 3. The highest BCUT2D eigenvalue weighted by atomic mass is 16.6. The van der Waals surface area contributed by atoms with Gasteiger partial charge in [0.25, 0.3) is 0 Å². The molecular formula is C16H27NO3. The Morgan fingerprint density at radius 2 is 1.75 bits per heavy atom. The molecule has 1 aliphatic carbocycles. The molecule has 1 amide bonds. The molecule has 0 aromatic heterocycles. The monoisotopic (exact) mass is 281 g/mol. The third-order valence-corrected chi connectivity index (χ3v) is 4.82. The number of nitrogens with zero attached hydrogens (tertiary/aromatic N) is 1. The van der Waals surface area contributed by atoms with Gasteiger partial charge in [-0.05, 0) is 58.8 Å². The summed E-state index contributed by atoms with van der Waals surface area (Å²) >= 11 is 0. The SMILES string of the molecule is CC(C)(C)OC(=O)N1C2CCC1CC(O)(CC1CC1)C2. The van der Waals surface area contributed by atoms with Crippen LogP contribution in [0.5, 0.6) is 0 Å². The standard InChI is InChI=1S/C16H27NO3/c1-15(2,3)20-14(18)17-12-6-7-13(17)10-16(19,9-12)8-11-4-5-11/h11-13,19H,4-10H2,1-3H3. The number of carbonyl (C=O) groups is 1. The normalized spacial score (nSPS) is 37.1. The Hall–Kier alpha value is -0.770. The third kappa shape index (κ3) is 2.95. The zero-order chi connectivity index (χ0) is 14.5. The summed E-state index contributed by atoms with van der Waals surface area (Å²) in [4.78, 5) is 14.3. The molecule has 2 heterocycles. The number of piperidine rings is 1. The minimum atomic E-state index is -0.536. The number of fused-ring (bicyclic) bond motifs is 2. The van der Waals surface area contributed by atoms with E-state index in [4.69, 9.17) is 4.74 Å². The highest BCUT2D eigenvalue weighted by Crippen LogP contribution is 2.47. The number of amides is 1. The van der Waals surface area contributed by atoms with Crippen molar-refractivity contribution in [1.82, 2.24) is 4.90 Å². The fraction of sp³-hybridized carbons (Fsp3) is 0.938. The Labute approximate surface area is 121 Å². The molecule has 2 aliphatic heterocycles. The van der Waals surface area contributed by atoms with Gasteiger partial charge in [0.15, 0.2) is 0 Å². The summed E-state index contributed by atoms with van der Waals surface area (Å²) in [7, 11) is 0. The second-order valence-corrected chi connectivity index (χ2v) is 8.05. The molecule has 20 heavy (non-hydrogen) atoms. The minimum absolute atomic E-state index is 0.173. The molecule has 0 aromatic rings. The van der Waals surface area contributed by atoms with Gasteiger partial charge in [-0.3, -0.25) is 0 Å². The first-order valence-corrected chi connectivity index (χ1v) is 7.99. The number of aliphatic hydroxyl groups is 1. The Morgan fingerprint density at radius 1 is 1.20 bits per heavy atom. The maximum absolute atomic E-state index is 12.3. The Balaban J connectivity index is 1.66. The lowest BCUT2D eigenvalue weighted by atomic mass is 9.82. The summed E-state index contributed by atoms with van der Waals surface area (Å²) in [5.41, 5.74) is -0.982. The maximum Gasteiger partial charge on any atom is 0.410 e. The van der Waals surface area contributed by atoms with Crippen molar-refractivity contribution in [3.8, 4) is 0 Å². The van der Waals surface area contributed by atoms with Gasteiger partial charge in [0, 0.05) is 12.1 Å². The fourth-order valence-corrected chi connectivity index (χ4v) is 3.96. The highest BCUT2D eigenvalue weighted by molar-refractivity contribution is 5.69. The van der Waals surface area contributed by atoms with Crippen molar-refractivity contribution in [3.05, 3.63) is 0 Å². The van der Waals surface area contributed by atoms with Crippen LogP contribution in [0.1, 0.15) is 65.7 Å². The quantitative estimate of drug-likeness (QED) is 0.846. The number of ether oxygens (including phenoxy) is 1. The van der Waals surface area contributed by atoms with Gasteiger partial charge < -0.3 is 14.7 Å². The smallest absolute Gasteiger partial charge is 0.410 e. The molecule has 4 nitrogen and oxygen atoms in total. The zero-order valence-corrected chi connectivity index (χ0v) is 12.9. The van der Waals surface area contributed by atoms with E-state index in [1.54, 1.807) is 0 Å². The molecular weight excluding hydrogens is 254 g/mol. The molecule has 2 bridgehead atoms. The van der Waals surface area contributed by atoms with Crippen LogP contribution in [0.15, 0.2) is 0 Å². The number of hydrogen-bond donors (Lipinski definition) is 1. The second-order valence-electron chi connectivity index (χ2n) is 8.05. The van der Waals surface area contributed by atoms with Gasteiger partial charge in [0.1, 0.15) is 5.60 Å². The average Bonchev–Trinajstić information content (AvgIpc) is 3.01. The molecule has 114 valence electrons. The summed E-state index contributed by atoms with van der Waals surface area (Å²) in [6.07, 6.45) is 6.77. The molecule has 2 atom stereocenters.